The summed E-state index contributed by atoms with van der Waals surface area (Å²) in [4.78, 5) is 11.1. The number of carbonyl (C=O) groups is 1. The van der Waals surface area contributed by atoms with Crippen LogP contribution in [0.5, 0.6) is 0 Å². The van der Waals surface area contributed by atoms with Gasteiger partial charge in [0.1, 0.15) is 5.60 Å². The Morgan fingerprint density at radius 2 is 1.92 bits per heavy atom. The van der Waals surface area contributed by atoms with Gasteiger partial charge in [-0.2, -0.15) is 0 Å². The van der Waals surface area contributed by atoms with Gasteiger partial charge in [0.05, 0.1) is 0 Å². The maximum absolute atomic E-state index is 11.1. The number of hydrogen-bond acceptors (Lipinski definition) is 2. The van der Waals surface area contributed by atoms with E-state index < -0.39 is 0 Å². The van der Waals surface area contributed by atoms with Crippen LogP contribution < -0.4 is 0 Å². The molecular formula is C11H14O2. The molecule has 0 N–H and O–H groups in total. The van der Waals surface area contributed by atoms with Gasteiger partial charge in [0.15, 0.2) is 0 Å². The Kier molecular flexibility index (Phi) is 1.98. The first-order chi connectivity index (χ1) is 6.23. The Morgan fingerprint density at radius 3 is 2.62 bits per heavy atom. The summed E-state index contributed by atoms with van der Waals surface area (Å²) in [5.74, 6) is -0.214. The molecule has 0 aromatic rings. The van der Waals surface area contributed by atoms with E-state index in [1.807, 2.05) is 0 Å². The van der Waals surface area contributed by atoms with Crippen molar-refractivity contribution >= 4 is 5.97 Å². The van der Waals surface area contributed by atoms with Gasteiger partial charge >= 0.3 is 5.97 Å². The minimum atomic E-state index is -0.343. The fraction of sp³-hybridized carbons (Fsp3) is 0.545. The van der Waals surface area contributed by atoms with Gasteiger partial charge in [0, 0.05) is 6.08 Å². The molecule has 2 heteroatoms. The highest BCUT2D eigenvalue weighted by Gasteiger charge is 2.39. The topological polar surface area (TPSA) is 26.3 Å². The predicted octanol–water partition coefficient (Wildman–Crippen LogP) is 2.36. The van der Waals surface area contributed by atoms with Crippen LogP contribution in [0.15, 0.2) is 24.3 Å². The van der Waals surface area contributed by atoms with Crippen molar-refractivity contribution in [1.29, 1.82) is 0 Å². The maximum atomic E-state index is 11.1. The number of ether oxygens (including phenoxy) is 1. The first-order valence-corrected chi connectivity index (χ1v) is 4.83. The third-order valence-corrected chi connectivity index (χ3v) is 2.96. The smallest absolute Gasteiger partial charge is 0.331 e. The summed E-state index contributed by atoms with van der Waals surface area (Å²) < 4.78 is 5.40. The van der Waals surface area contributed by atoms with Gasteiger partial charge in [0.25, 0.3) is 0 Å². The molecule has 70 valence electrons. The monoisotopic (exact) mass is 178 g/mol. The Morgan fingerprint density at radius 1 is 1.23 bits per heavy atom. The SMILES string of the molecule is C=C1C=CC(=O)OC12CCCCC2. The van der Waals surface area contributed by atoms with Crippen LogP contribution in [0.2, 0.25) is 0 Å². The molecule has 13 heavy (non-hydrogen) atoms. The normalized spacial score (nSPS) is 26.2. The molecule has 1 aliphatic carbocycles. The third kappa shape index (κ3) is 1.41. The van der Waals surface area contributed by atoms with Gasteiger partial charge in [-0.05, 0) is 37.3 Å². The fourth-order valence-corrected chi connectivity index (χ4v) is 2.16. The van der Waals surface area contributed by atoms with Crippen molar-refractivity contribution in [2.45, 2.75) is 37.7 Å². The van der Waals surface area contributed by atoms with Crippen LogP contribution in [0.4, 0.5) is 0 Å². The molecule has 0 aromatic heterocycles. The molecule has 1 aliphatic heterocycles. The van der Waals surface area contributed by atoms with Gasteiger partial charge in [0.2, 0.25) is 0 Å². The lowest BCUT2D eigenvalue weighted by Gasteiger charge is -2.38. The van der Waals surface area contributed by atoms with E-state index in [2.05, 4.69) is 6.58 Å². The summed E-state index contributed by atoms with van der Waals surface area (Å²) in [5.41, 5.74) is 0.621. The summed E-state index contributed by atoms with van der Waals surface area (Å²) in [6.45, 7) is 3.96. The zero-order valence-corrected chi connectivity index (χ0v) is 7.71. The number of hydrogen-bond donors (Lipinski definition) is 0. The molecule has 0 amide bonds. The summed E-state index contributed by atoms with van der Waals surface area (Å²) >= 11 is 0. The lowest BCUT2D eigenvalue weighted by molar-refractivity contribution is -0.153. The molecule has 2 aliphatic rings. The summed E-state index contributed by atoms with van der Waals surface area (Å²) in [6.07, 6.45) is 8.68. The summed E-state index contributed by atoms with van der Waals surface area (Å²) in [6, 6.07) is 0. The lowest BCUT2D eigenvalue weighted by atomic mass is 9.78. The molecule has 0 saturated heterocycles. The standard InChI is InChI=1S/C11H14O2/c1-9-5-6-10(12)13-11(9)7-3-2-4-8-11/h5-6H,1-4,7-8H2. The van der Waals surface area contributed by atoms with Crippen molar-refractivity contribution in [2.24, 2.45) is 0 Å². The van der Waals surface area contributed by atoms with Gasteiger partial charge < -0.3 is 4.74 Å². The zero-order valence-electron chi connectivity index (χ0n) is 7.71. The Labute approximate surface area is 78.3 Å². The highest BCUT2D eigenvalue weighted by atomic mass is 16.6. The second-order valence-electron chi connectivity index (χ2n) is 3.83. The molecule has 0 radical (unpaired) electrons. The zero-order chi connectivity index (χ0) is 9.31. The van der Waals surface area contributed by atoms with Crippen molar-refractivity contribution in [3.63, 3.8) is 0 Å². The Bertz CT molecular complexity index is 270. The molecule has 1 saturated carbocycles. The van der Waals surface area contributed by atoms with Crippen LogP contribution >= 0.6 is 0 Å². The highest BCUT2D eigenvalue weighted by Crippen LogP contribution is 2.39. The summed E-state index contributed by atoms with van der Waals surface area (Å²) in [7, 11) is 0. The second kappa shape index (κ2) is 3.02. The minimum Gasteiger partial charge on any atom is -0.451 e. The van der Waals surface area contributed by atoms with Crippen molar-refractivity contribution in [2.75, 3.05) is 0 Å². The van der Waals surface area contributed by atoms with Gasteiger partial charge in [-0.25, -0.2) is 4.79 Å². The molecule has 1 spiro atoms. The second-order valence-corrected chi connectivity index (χ2v) is 3.83. The van der Waals surface area contributed by atoms with E-state index in [0.29, 0.717) is 0 Å². The Balaban J connectivity index is 2.24. The molecule has 0 bridgehead atoms. The van der Waals surface area contributed by atoms with Crippen LogP contribution in [-0.4, -0.2) is 11.6 Å². The Hall–Kier alpha value is -1.05. The number of carbonyl (C=O) groups excluding carboxylic acids is 1. The van der Waals surface area contributed by atoms with Gasteiger partial charge in [-0.3, -0.25) is 0 Å². The third-order valence-electron chi connectivity index (χ3n) is 2.96. The van der Waals surface area contributed by atoms with Crippen LogP contribution in [0.25, 0.3) is 0 Å². The van der Waals surface area contributed by atoms with E-state index in [-0.39, 0.29) is 11.6 Å². The molecule has 0 aromatic carbocycles. The van der Waals surface area contributed by atoms with E-state index >= 15 is 0 Å². The van der Waals surface area contributed by atoms with E-state index in [4.69, 9.17) is 4.74 Å². The van der Waals surface area contributed by atoms with Crippen molar-refractivity contribution in [3.8, 4) is 0 Å². The van der Waals surface area contributed by atoms with E-state index in [0.717, 1.165) is 31.3 Å². The molecular weight excluding hydrogens is 164 g/mol. The van der Waals surface area contributed by atoms with Crippen molar-refractivity contribution < 1.29 is 9.53 Å². The van der Waals surface area contributed by atoms with E-state index in [9.17, 15) is 4.79 Å². The minimum absolute atomic E-state index is 0.214. The lowest BCUT2D eigenvalue weighted by Crippen LogP contribution is -2.40. The molecule has 0 atom stereocenters. The van der Waals surface area contributed by atoms with Gasteiger partial charge in [-0.1, -0.05) is 13.0 Å². The summed E-state index contributed by atoms with van der Waals surface area (Å²) in [5, 5.41) is 0. The number of esters is 1. The maximum Gasteiger partial charge on any atom is 0.331 e. The van der Waals surface area contributed by atoms with Crippen LogP contribution in [-0.2, 0) is 9.53 Å². The van der Waals surface area contributed by atoms with E-state index in [1.54, 1.807) is 6.08 Å². The average molecular weight is 178 g/mol. The highest BCUT2D eigenvalue weighted by molar-refractivity contribution is 5.85. The van der Waals surface area contributed by atoms with Gasteiger partial charge in [-0.15, -0.1) is 0 Å². The molecule has 1 fully saturated rings. The molecule has 2 nitrogen and oxygen atoms in total. The average Bonchev–Trinajstić information content (AvgIpc) is 2.14. The van der Waals surface area contributed by atoms with E-state index in [1.165, 1.54) is 12.5 Å². The first-order valence-electron chi connectivity index (χ1n) is 4.83. The quantitative estimate of drug-likeness (QED) is 0.532. The largest absolute Gasteiger partial charge is 0.451 e. The van der Waals surface area contributed by atoms with Crippen LogP contribution in [0.3, 0.4) is 0 Å². The fourth-order valence-electron chi connectivity index (χ4n) is 2.16. The van der Waals surface area contributed by atoms with Crippen LogP contribution in [0.1, 0.15) is 32.1 Å². The van der Waals surface area contributed by atoms with Crippen molar-refractivity contribution in [1.82, 2.24) is 0 Å². The van der Waals surface area contributed by atoms with Crippen molar-refractivity contribution in [3.05, 3.63) is 24.3 Å². The first kappa shape index (κ1) is 8.54. The molecule has 0 unspecified atom stereocenters. The molecule has 2 rings (SSSR count). The predicted molar refractivity (Wildman–Crippen MR) is 50.2 cm³/mol. The van der Waals surface area contributed by atoms with Crippen LogP contribution in [0, 0.1) is 0 Å². The number of rotatable bonds is 0. The molecule has 1 heterocycles.